The molecular weight excluding hydrogens is 238 g/mol. The topological polar surface area (TPSA) is 60.2 Å². The number of hydrogen-bond donors (Lipinski definition) is 1. The molecule has 1 N–H and O–H groups in total. The zero-order valence-electron chi connectivity index (χ0n) is 10.5. The SMILES string of the molecule is CCC(OC)c1noc(C2CSCC2NC)n1. The first-order valence-corrected chi connectivity index (χ1v) is 7.06. The lowest BCUT2D eigenvalue weighted by Crippen LogP contribution is -2.31. The van der Waals surface area contributed by atoms with E-state index in [0.29, 0.717) is 17.8 Å². The molecule has 0 bridgehead atoms. The van der Waals surface area contributed by atoms with Crippen LogP contribution in [-0.2, 0) is 4.74 Å². The van der Waals surface area contributed by atoms with Gasteiger partial charge in [-0.2, -0.15) is 16.7 Å². The van der Waals surface area contributed by atoms with Crippen LogP contribution in [0.4, 0.5) is 0 Å². The van der Waals surface area contributed by atoms with Gasteiger partial charge < -0.3 is 14.6 Å². The second-order valence-electron chi connectivity index (χ2n) is 4.16. The maximum Gasteiger partial charge on any atom is 0.232 e. The van der Waals surface area contributed by atoms with Crippen molar-refractivity contribution in [2.75, 3.05) is 25.7 Å². The largest absolute Gasteiger partial charge is 0.373 e. The number of nitrogens with zero attached hydrogens (tertiary/aromatic N) is 2. The number of ether oxygens (including phenoxy) is 1. The lowest BCUT2D eigenvalue weighted by Gasteiger charge is -2.13. The summed E-state index contributed by atoms with van der Waals surface area (Å²) < 4.78 is 10.7. The standard InChI is InChI=1S/C11H19N3O2S/c1-4-9(15-3)10-13-11(16-14-10)7-5-17-6-8(7)12-2/h7-9,12H,4-6H2,1-3H3. The molecule has 1 fully saturated rings. The van der Waals surface area contributed by atoms with E-state index in [-0.39, 0.29) is 6.10 Å². The van der Waals surface area contributed by atoms with Gasteiger partial charge in [-0.05, 0) is 13.5 Å². The minimum atomic E-state index is -0.0606. The molecule has 1 aliphatic heterocycles. The predicted octanol–water partition coefficient (Wildman–Crippen LogP) is 1.59. The number of nitrogens with one attached hydrogen (secondary N) is 1. The summed E-state index contributed by atoms with van der Waals surface area (Å²) in [6.07, 6.45) is 0.791. The monoisotopic (exact) mass is 257 g/mol. The zero-order chi connectivity index (χ0) is 12.3. The molecule has 2 rings (SSSR count). The summed E-state index contributed by atoms with van der Waals surface area (Å²) in [6.45, 7) is 2.05. The van der Waals surface area contributed by atoms with Gasteiger partial charge in [0, 0.05) is 24.7 Å². The molecular formula is C11H19N3O2S. The summed E-state index contributed by atoms with van der Waals surface area (Å²) in [6, 6.07) is 0.427. The molecule has 2 heterocycles. The first-order valence-electron chi connectivity index (χ1n) is 5.91. The van der Waals surface area contributed by atoms with Crippen LogP contribution in [0.3, 0.4) is 0 Å². The highest BCUT2D eigenvalue weighted by Crippen LogP contribution is 2.32. The van der Waals surface area contributed by atoms with Crippen molar-refractivity contribution in [3.8, 4) is 0 Å². The first-order chi connectivity index (χ1) is 8.30. The van der Waals surface area contributed by atoms with E-state index in [1.807, 2.05) is 25.7 Å². The Labute approximate surface area is 106 Å². The molecule has 1 aromatic rings. The summed E-state index contributed by atoms with van der Waals surface area (Å²) in [5.41, 5.74) is 0. The third kappa shape index (κ3) is 2.64. The van der Waals surface area contributed by atoms with Crippen molar-refractivity contribution in [2.24, 2.45) is 0 Å². The number of hydrogen-bond acceptors (Lipinski definition) is 6. The van der Waals surface area contributed by atoms with Crippen LogP contribution >= 0.6 is 11.8 Å². The van der Waals surface area contributed by atoms with Crippen molar-refractivity contribution in [1.82, 2.24) is 15.5 Å². The van der Waals surface area contributed by atoms with Gasteiger partial charge >= 0.3 is 0 Å². The Morgan fingerprint density at radius 2 is 2.41 bits per heavy atom. The predicted molar refractivity (Wildman–Crippen MR) is 67.3 cm³/mol. The van der Waals surface area contributed by atoms with Gasteiger partial charge in [-0.15, -0.1) is 0 Å². The molecule has 0 amide bonds. The molecule has 0 aliphatic carbocycles. The van der Waals surface area contributed by atoms with Crippen molar-refractivity contribution in [2.45, 2.75) is 31.4 Å². The fourth-order valence-corrected chi connectivity index (χ4v) is 3.48. The van der Waals surface area contributed by atoms with E-state index < -0.39 is 0 Å². The summed E-state index contributed by atoms with van der Waals surface area (Å²) in [7, 11) is 3.65. The van der Waals surface area contributed by atoms with Crippen molar-refractivity contribution in [3.05, 3.63) is 11.7 Å². The van der Waals surface area contributed by atoms with Crippen LogP contribution in [0, 0.1) is 0 Å². The second kappa shape index (κ2) is 5.84. The fourth-order valence-electron chi connectivity index (χ4n) is 2.07. The van der Waals surface area contributed by atoms with E-state index >= 15 is 0 Å². The summed E-state index contributed by atoms with van der Waals surface area (Å²) >= 11 is 1.92. The normalized spacial score (nSPS) is 26.3. The zero-order valence-corrected chi connectivity index (χ0v) is 11.3. The fraction of sp³-hybridized carbons (Fsp3) is 0.818. The first kappa shape index (κ1) is 12.9. The Kier molecular flexibility index (Phi) is 4.42. The van der Waals surface area contributed by atoms with E-state index in [0.717, 1.165) is 23.8 Å². The van der Waals surface area contributed by atoms with E-state index in [9.17, 15) is 0 Å². The molecule has 6 heteroatoms. The molecule has 1 aliphatic rings. The quantitative estimate of drug-likeness (QED) is 0.864. The molecule has 0 radical (unpaired) electrons. The number of rotatable bonds is 5. The van der Waals surface area contributed by atoms with Crippen LogP contribution in [0.25, 0.3) is 0 Å². The van der Waals surface area contributed by atoms with Crippen LogP contribution in [0.15, 0.2) is 4.52 Å². The maximum atomic E-state index is 5.37. The lowest BCUT2D eigenvalue weighted by atomic mass is 10.0. The van der Waals surface area contributed by atoms with E-state index in [4.69, 9.17) is 9.26 Å². The molecule has 0 spiro atoms. The highest BCUT2D eigenvalue weighted by molar-refractivity contribution is 7.99. The van der Waals surface area contributed by atoms with E-state index in [1.54, 1.807) is 7.11 Å². The number of thioether (sulfide) groups is 1. The smallest absolute Gasteiger partial charge is 0.232 e. The van der Waals surface area contributed by atoms with E-state index in [1.165, 1.54) is 0 Å². The van der Waals surface area contributed by atoms with E-state index in [2.05, 4.69) is 15.5 Å². The average molecular weight is 257 g/mol. The Morgan fingerprint density at radius 3 is 3.06 bits per heavy atom. The van der Waals surface area contributed by atoms with Crippen molar-refractivity contribution >= 4 is 11.8 Å². The van der Waals surface area contributed by atoms with Crippen molar-refractivity contribution in [3.63, 3.8) is 0 Å². The van der Waals surface area contributed by atoms with Gasteiger partial charge in [0.2, 0.25) is 11.7 Å². The summed E-state index contributed by atoms with van der Waals surface area (Å²) in [4.78, 5) is 4.48. The van der Waals surface area contributed by atoms with Crippen LogP contribution in [-0.4, -0.2) is 41.8 Å². The third-order valence-corrected chi connectivity index (χ3v) is 4.36. The number of likely N-dealkylation sites (N-methyl/N-ethyl adjacent to an activating group) is 1. The molecule has 0 aromatic carbocycles. The minimum absolute atomic E-state index is 0.0606. The molecule has 5 nitrogen and oxygen atoms in total. The molecule has 96 valence electrons. The highest BCUT2D eigenvalue weighted by Gasteiger charge is 2.33. The van der Waals surface area contributed by atoms with Crippen LogP contribution in [0.1, 0.15) is 37.1 Å². The second-order valence-corrected chi connectivity index (χ2v) is 5.24. The van der Waals surface area contributed by atoms with Crippen LogP contribution < -0.4 is 5.32 Å². The third-order valence-electron chi connectivity index (χ3n) is 3.17. The van der Waals surface area contributed by atoms with Gasteiger partial charge in [0.05, 0.1) is 5.92 Å². The summed E-state index contributed by atoms with van der Waals surface area (Å²) in [5, 5.41) is 7.32. The van der Waals surface area contributed by atoms with Gasteiger partial charge in [0.25, 0.3) is 0 Å². The molecule has 0 saturated carbocycles. The van der Waals surface area contributed by atoms with Crippen LogP contribution in [0.5, 0.6) is 0 Å². The Balaban J connectivity index is 2.12. The number of methoxy groups -OCH3 is 1. The minimum Gasteiger partial charge on any atom is -0.373 e. The molecule has 1 aromatic heterocycles. The van der Waals surface area contributed by atoms with Gasteiger partial charge in [-0.25, -0.2) is 0 Å². The molecule has 3 unspecified atom stereocenters. The number of aromatic nitrogens is 2. The highest BCUT2D eigenvalue weighted by atomic mass is 32.2. The van der Waals surface area contributed by atoms with Gasteiger partial charge in [-0.1, -0.05) is 12.1 Å². The maximum absolute atomic E-state index is 5.37. The lowest BCUT2D eigenvalue weighted by molar-refractivity contribution is 0.0903. The van der Waals surface area contributed by atoms with Crippen molar-refractivity contribution in [1.29, 1.82) is 0 Å². The summed E-state index contributed by atoms with van der Waals surface area (Å²) in [5.74, 6) is 3.86. The molecule has 3 atom stereocenters. The average Bonchev–Trinajstić information content (AvgIpc) is 2.98. The van der Waals surface area contributed by atoms with Gasteiger partial charge in [0.1, 0.15) is 6.10 Å². The van der Waals surface area contributed by atoms with Gasteiger partial charge in [-0.3, -0.25) is 0 Å². The van der Waals surface area contributed by atoms with Gasteiger partial charge in [0.15, 0.2) is 0 Å². The Bertz CT molecular complexity index is 354. The Morgan fingerprint density at radius 1 is 1.59 bits per heavy atom. The van der Waals surface area contributed by atoms with Crippen molar-refractivity contribution < 1.29 is 9.26 Å². The molecule has 1 saturated heterocycles. The molecule has 17 heavy (non-hydrogen) atoms. The Hall–Kier alpha value is -0.590. The van der Waals surface area contributed by atoms with Crippen LogP contribution in [0.2, 0.25) is 0 Å².